The molecule has 1 aliphatic heterocycles. The summed E-state index contributed by atoms with van der Waals surface area (Å²) < 4.78 is 4.87. The Bertz CT molecular complexity index is 519. The number of hydrogen-bond acceptors (Lipinski definition) is 3. The van der Waals surface area contributed by atoms with Crippen LogP contribution in [0.1, 0.15) is 24.8 Å². The Labute approximate surface area is 130 Å². The number of benzene rings is 1. The summed E-state index contributed by atoms with van der Waals surface area (Å²) in [6.07, 6.45) is 2.62. The van der Waals surface area contributed by atoms with E-state index in [2.05, 4.69) is 10.6 Å². The molecule has 0 spiro atoms. The molecule has 6 heteroatoms. The van der Waals surface area contributed by atoms with Gasteiger partial charge in [-0.15, -0.1) is 0 Å². The topological polar surface area (TPSA) is 70.7 Å². The van der Waals surface area contributed by atoms with E-state index < -0.39 is 0 Å². The highest BCUT2D eigenvalue weighted by Gasteiger charge is 2.19. The molecule has 1 heterocycles. The van der Waals surface area contributed by atoms with E-state index in [1.54, 1.807) is 7.11 Å². The molecule has 0 unspecified atom stereocenters. The third kappa shape index (κ3) is 4.73. The number of hydrogen-bond donors (Lipinski definition) is 2. The molecule has 3 amide bonds. The Balaban J connectivity index is 1.88. The van der Waals surface area contributed by atoms with Crippen molar-refractivity contribution < 1.29 is 14.3 Å². The molecule has 2 rings (SSSR count). The van der Waals surface area contributed by atoms with Crippen LogP contribution in [0.2, 0.25) is 0 Å². The zero-order chi connectivity index (χ0) is 15.8. The van der Waals surface area contributed by atoms with E-state index in [0.29, 0.717) is 26.1 Å². The van der Waals surface area contributed by atoms with Gasteiger partial charge in [0.1, 0.15) is 0 Å². The zero-order valence-electron chi connectivity index (χ0n) is 12.9. The number of methoxy groups -OCH3 is 1. The zero-order valence-corrected chi connectivity index (χ0v) is 12.9. The predicted octanol–water partition coefficient (Wildman–Crippen LogP) is 1.65. The van der Waals surface area contributed by atoms with Crippen molar-refractivity contribution in [1.82, 2.24) is 10.6 Å². The van der Waals surface area contributed by atoms with Gasteiger partial charge in [-0.2, -0.15) is 0 Å². The summed E-state index contributed by atoms with van der Waals surface area (Å²) in [5.74, 6) is 0.175. The number of anilines is 1. The van der Waals surface area contributed by atoms with Crippen molar-refractivity contribution in [3.63, 3.8) is 0 Å². The fraction of sp³-hybridized carbons (Fsp3) is 0.500. The van der Waals surface area contributed by atoms with Gasteiger partial charge in [-0.05, 0) is 30.5 Å². The van der Waals surface area contributed by atoms with Gasteiger partial charge in [0.15, 0.2) is 0 Å². The maximum Gasteiger partial charge on any atom is 0.315 e. The van der Waals surface area contributed by atoms with Gasteiger partial charge >= 0.3 is 6.03 Å². The smallest absolute Gasteiger partial charge is 0.315 e. The van der Waals surface area contributed by atoms with Crippen molar-refractivity contribution in [2.24, 2.45) is 0 Å². The SMILES string of the molecule is COCCNC(=O)NCc1cccc(N2CCCCC2=O)c1. The maximum atomic E-state index is 12.0. The number of nitrogens with zero attached hydrogens (tertiary/aromatic N) is 1. The van der Waals surface area contributed by atoms with Gasteiger partial charge in [-0.3, -0.25) is 4.79 Å². The average molecular weight is 305 g/mol. The normalized spacial score (nSPS) is 14.8. The lowest BCUT2D eigenvalue weighted by Gasteiger charge is -2.27. The molecule has 1 saturated heterocycles. The van der Waals surface area contributed by atoms with Crippen LogP contribution in [0.15, 0.2) is 24.3 Å². The first-order valence-electron chi connectivity index (χ1n) is 7.60. The van der Waals surface area contributed by atoms with Crippen molar-refractivity contribution in [1.29, 1.82) is 0 Å². The Morgan fingerprint density at radius 1 is 1.32 bits per heavy atom. The Morgan fingerprint density at radius 3 is 2.95 bits per heavy atom. The molecule has 120 valence electrons. The lowest BCUT2D eigenvalue weighted by Crippen LogP contribution is -2.37. The van der Waals surface area contributed by atoms with Crippen molar-refractivity contribution in [2.45, 2.75) is 25.8 Å². The minimum Gasteiger partial charge on any atom is -0.383 e. The minimum absolute atomic E-state index is 0.175. The molecular weight excluding hydrogens is 282 g/mol. The molecule has 1 aromatic rings. The molecule has 2 N–H and O–H groups in total. The molecular formula is C16H23N3O3. The molecule has 1 aliphatic rings. The van der Waals surface area contributed by atoms with Crippen LogP contribution < -0.4 is 15.5 Å². The molecule has 22 heavy (non-hydrogen) atoms. The lowest BCUT2D eigenvalue weighted by atomic mass is 10.1. The molecule has 1 fully saturated rings. The number of ether oxygens (including phenoxy) is 1. The Morgan fingerprint density at radius 2 is 2.18 bits per heavy atom. The average Bonchev–Trinajstić information content (AvgIpc) is 2.54. The second kappa shape index (κ2) is 8.38. The number of rotatable bonds is 6. The summed E-state index contributed by atoms with van der Waals surface area (Å²) in [5.41, 5.74) is 1.88. The first-order chi connectivity index (χ1) is 10.7. The quantitative estimate of drug-likeness (QED) is 0.785. The molecule has 0 saturated carbocycles. The fourth-order valence-electron chi connectivity index (χ4n) is 2.42. The molecule has 0 atom stereocenters. The standard InChI is InChI=1S/C16H23N3O3/c1-22-10-8-17-16(21)18-12-13-5-4-6-14(11-13)19-9-3-2-7-15(19)20/h4-6,11H,2-3,7-10,12H2,1H3,(H2,17,18,21). The molecule has 0 aromatic heterocycles. The van der Waals surface area contributed by atoms with Gasteiger partial charge in [0.2, 0.25) is 5.91 Å². The van der Waals surface area contributed by atoms with Gasteiger partial charge in [0.05, 0.1) is 6.61 Å². The van der Waals surface area contributed by atoms with Crippen molar-refractivity contribution in [3.8, 4) is 0 Å². The molecule has 1 aromatic carbocycles. The van der Waals surface area contributed by atoms with E-state index in [0.717, 1.165) is 30.6 Å². The maximum absolute atomic E-state index is 12.0. The van der Waals surface area contributed by atoms with E-state index >= 15 is 0 Å². The Hall–Kier alpha value is -2.08. The summed E-state index contributed by atoms with van der Waals surface area (Å²) >= 11 is 0. The van der Waals surface area contributed by atoms with E-state index in [-0.39, 0.29) is 11.9 Å². The van der Waals surface area contributed by atoms with Gasteiger partial charge in [0, 0.05) is 38.9 Å². The highest BCUT2D eigenvalue weighted by Crippen LogP contribution is 2.21. The Kier molecular flexibility index (Phi) is 6.21. The summed E-state index contributed by atoms with van der Waals surface area (Å²) in [7, 11) is 1.59. The molecule has 6 nitrogen and oxygen atoms in total. The van der Waals surface area contributed by atoms with Crippen molar-refractivity contribution in [3.05, 3.63) is 29.8 Å². The van der Waals surface area contributed by atoms with Crippen LogP contribution in [0.25, 0.3) is 0 Å². The van der Waals surface area contributed by atoms with E-state index in [1.807, 2.05) is 29.2 Å². The highest BCUT2D eigenvalue weighted by molar-refractivity contribution is 5.94. The second-order valence-corrected chi connectivity index (χ2v) is 5.27. The number of urea groups is 1. The summed E-state index contributed by atoms with van der Waals surface area (Å²) in [6, 6.07) is 7.52. The van der Waals surface area contributed by atoms with Gasteiger partial charge in [0.25, 0.3) is 0 Å². The summed E-state index contributed by atoms with van der Waals surface area (Å²) in [6.45, 7) is 2.16. The van der Waals surface area contributed by atoms with Crippen LogP contribution in [0.3, 0.4) is 0 Å². The number of nitrogens with one attached hydrogen (secondary N) is 2. The van der Waals surface area contributed by atoms with Crippen molar-refractivity contribution >= 4 is 17.6 Å². The van der Waals surface area contributed by atoms with Crippen LogP contribution in [0, 0.1) is 0 Å². The minimum atomic E-state index is -0.225. The van der Waals surface area contributed by atoms with Crippen LogP contribution in [0.5, 0.6) is 0 Å². The monoisotopic (exact) mass is 305 g/mol. The van der Waals surface area contributed by atoms with Gasteiger partial charge < -0.3 is 20.3 Å². The fourth-order valence-corrected chi connectivity index (χ4v) is 2.42. The van der Waals surface area contributed by atoms with Crippen LogP contribution in [0.4, 0.5) is 10.5 Å². The predicted molar refractivity (Wildman–Crippen MR) is 84.8 cm³/mol. The first-order valence-corrected chi connectivity index (χ1v) is 7.60. The van der Waals surface area contributed by atoms with E-state index in [9.17, 15) is 9.59 Å². The number of carbonyl (C=O) groups is 2. The van der Waals surface area contributed by atoms with E-state index in [4.69, 9.17) is 4.74 Å². The van der Waals surface area contributed by atoms with Crippen LogP contribution in [-0.4, -0.2) is 38.7 Å². The first kappa shape index (κ1) is 16.3. The molecule has 0 aliphatic carbocycles. The van der Waals surface area contributed by atoms with Crippen LogP contribution >= 0.6 is 0 Å². The highest BCUT2D eigenvalue weighted by atomic mass is 16.5. The van der Waals surface area contributed by atoms with Gasteiger partial charge in [-0.1, -0.05) is 12.1 Å². The van der Waals surface area contributed by atoms with E-state index in [1.165, 1.54) is 0 Å². The van der Waals surface area contributed by atoms with Crippen LogP contribution in [-0.2, 0) is 16.1 Å². The molecule has 0 bridgehead atoms. The van der Waals surface area contributed by atoms with Gasteiger partial charge in [-0.25, -0.2) is 4.79 Å². The molecule has 0 radical (unpaired) electrons. The lowest BCUT2D eigenvalue weighted by molar-refractivity contribution is -0.119. The summed E-state index contributed by atoms with van der Waals surface area (Å²) in [5, 5.41) is 5.49. The second-order valence-electron chi connectivity index (χ2n) is 5.27. The van der Waals surface area contributed by atoms with Crippen molar-refractivity contribution in [2.75, 3.05) is 31.7 Å². The number of piperidine rings is 1. The largest absolute Gasteiger partial charge is 0.383 e. The third-order valence-corrected chi connectivity index (χ3v) is 3.59. The summed E-state index contributed by atoms with van der Waals surface area (Å²) in [4.78, 5) is 25.4. The third-order valence-electron chi connectivity index (χ3n) is 3.59. The number of amides is 3. The number of carbonyl (C=O) groups excluding carboxylic acids is 2.